The summed E-state index contributed by atoms with van der Waals surface area (Å²) in [5, 5.41) is 2.51. The largest absolute Gasteiger partial charge is 0.317 e. The Bertz CT molecular complexity index is 3450. The molecular formula is C73H77N3. The van der Waals surface area contributed by atoms with Gasteiger partial charge in [0.15, 0.2) is 0 Å². The summed E-state index contributed by atoms with van der Waals surface area (Å²) in [6.45, 7) is 24.6. The molecule has 0 fully saturated rings. The molecule has 0 aliphatic rings. The molecular weight excluding hydrogens is 919 g/mol. The molecule has 0 saturated heterocycles. The maximum Gasteiger partial charge on any atom is 0.0529 e. The predicted molar refractivity (Wildman–Crippen MR) is 334 cm³/mol. The summed E-state index contributed by atoms with van der Waals surface area (Å²) in [7, 11) is 0. The van der Waals surface area contributed by atoms with Gasteiger partial charge in [0.05, 0.1) is 11.0 Å². The zero-order valence-corrected chi connectivity index (χ0v) is 46.6. The van der Waals surface area contributed by atoms with Gasteiger partial charge in [-0.1, -0.05) is 213 Å². The topological polar surface area (TPSA) is 13.1 Å². The van der Waals surface area contributed by atoms with Crippen molar-refractivity contribution in [2.24, 2.45) is 0 Å². The van der Waals surface area contributed by atoms with Crippen LogP contribution < -0.4 is 4.90 Å². The molecule has 11 rings (SSSR count). The van der Waals surface area contributed by atoms with Crippen molar-refractivity contribution in [1.82, 2.24) is 9.13 Å². The van der Waals surface area contributed by atoms with Crippen LogP contribution in [-0.4, -0.2) is 9.13 Å². The van der Waals surface area contributed by atoms with E-state index in [0.29, 0.717) is 0 Å². The van der Waals surface area contributed by atoms with E-state index < -0.39 is 0 Å². The van der Waals surface area contributed by atoms with Gasteiger partial charge in [0.1, 0.15) is 0 Å². The maximum atomic E-state index is 3.63. The Hall–Kier alpha value is -8.66. The number of rotatable bonds is 8. The minimum absolute atomic E-state index is 1.10. The Kier molecular flexibility index (Phi) is 21.8. The molecule has 2 heterocycles. The van der Waals surface area contributed by atoms with Crippen LogP contribution in [0.3, 0.4) is 0 Å². The van der Waals surface area contributed by atoms with Crippen LogP contribution in [0.15, 0.2) is 273 Å². The quantitative estimate of drug-likeness (QED) is 0.138. The van der Waals surface area contributed by atoms with Crippen molar-refractivity contribution in [3.63, 3.8) is 0 Å². The zero-order chi connectivity index (χ0) is 54.2. The molecule has 11 aromatic rings. The first-order valence-electron chi connectivity index (χ1n) is 26.7. The number of anilines is 3. The van der Waals surface area contributed by atoms with E-state index in [1.54, 1.807) is 0 Å². The Morgan fingerprint density at radius 3 is 1.29 bits per heavy atom. The van der Waals surface area contributed by atoms with Crippen molar-refractivity contribution in [2.45, 2.75) is 75.7 Å². The minimum atomic E-state index is 1.10. The van der Waals surface area contributed by atoms with E-state index in [9.17, 15) is 0 Å². The summed E-state index contributed by atoms with van der Waals surface area (Å²) in [4.78, 5) is 2.35. The van der Waals surface area contributed by atoms with Crippen LogP contribution in [0, 0.1) is 41.5 Å². The van der Waals surface area contributed by atoms with E-state index in [2.05, 4.69) is 282 Å². The van der Waals surface area contributed by atoms with E-state index in [0.717, 1.165) is 23.5 Å². The summed E-state index contributed by atoms with van der Waals surface area (Å²) < 4.78 is 4.46. The fraction of sp³-hybridized carbons (Fsp3) is 0.151. The molecule has 0 atom stereocenters. The third-order valence-electron chi connectivity index (χ3n) is 12.9. The number of nitrogens with zero attached hydrogens (tertiary/aromatic N) is 3. The highest BCUT2D eigenvalue weighted by atomic mass is 15.1. The van der Waals surface area contributed by atoms with E-state index in [-0.39, 0.29) is 0 Å². The Morgan fingerprint density at radius 1 is 0.408 bits per heavy atom. The van der Waals surface area contributed by atoms with E-state index in [1.165, 1.54) is 83.3 Å². The van der Waals surface area contributed by atoms with Crippen molar-refractivity contribution in [1.29, 1.82) is 0 Å². The monoisotopic (exact) mass is 996 g/mol. The van der Waals surface area contributed by atoms with Gasteiger partial charge in [-0.25, -0.2) is 0 Å². The van der Waals surface area contributed by atoms with Gasteiger partial charge in [-0.3, -0.25) is 0 Å². The normalized spacial score (nSPS) is 10.4. The van der Waals surface area contributed by atoms with Crippen molar-refractivity contribution in [3.8, 4) is 22.5 Å². The highest BCUT2D eigenvalue weighted by molar-refractivity contribution is 5.89. The second kappa shape index (κ2) is 29.3. The summed E-state index contributed by atoms with van der Waals surface area (Å²) in [5.74, 6) is 0. The molecule has 3 nitrogen and oxygen atoms in total. The number of fused-ring (bicyclic) bond motifs is 2. The number of allylic oxidation sites excluding steroid dienone is 3. The Balaban J connectivity index is 0.000000194. The van der Waals surface area contributed by atoms with E-state index in [1.807, 2.05) is 69.3 Å². The zero-order valence-electron chi connectivity index (χ0n) is 46.6. The first kappa shape index (κ1) is 56.6. The molecule has 0 N–H and O–H groups in total. The molecule has 3 heteroatoms. The minimum Gasteiger partial charge on any atom is -0.317 e. The highest BCUT2D eigenvalue weighted by Crippen LogP contribution is 2.39. The van der Waals surface area contributed by atoms with Gasteiger partial charge in [0.25, 0.3) is 0 Å². The van der Waals surface area contributed by atoms with Gasteiger partial charge >= 0.3 is 0 Å². The summed E-state index contributed by atoms with van der Waals surface area (Å²) >= 11 is 0. The average Bonchev–Trinajstić information content (AvgIpc) is 4.09. The van der Waals surface area contributed by atoms with Gasteiger partial charge < -0.3 is 14.0 Å². The highest BCUT2D eigenvalue weighted by Gasteiger charge is 2.16. The molecule has 0 saturated carbocycles. The number of aryl methyl sites for hydroxylation is 6. The van der Waals surface area contributed by atoms with Crippen LogP contribution in [0.1, 0.15) is 67.5 Å². The van der Waals surface area contributed by atoms with Gasteiger partial charge in [0, 0.05) is 51.6 Å². The number of hydrogen-bond donors (Lipinski definition) is 0. The molecule has 0 aliphatic heterocycles. The standard InChI is InChI=1S/C35H30N2.C15H13N.2C7H8.C7H12.C2H6/c1-25-14-15-26(2)34(22-25)33-18-16-31(23-27(33)3)37(30-12-8-5-9-13-30)32-17-19-35-28(24-32)20-21-36(35)29-10-6-4-7-11-29;1-12-7-8-15-13(11-12)9-10-16(15)14-5-3-2-4-6-14;2*1-7-5-3-2-4-6-7;1-4-7(5-2)6-3;1-2/h4-24H,1-3H3;2-11H,1H3;2*2-6H,1H3;4-5H,1,6H2,2-3H3;1-2H3/b;;;;7-5-;. The summed E-state index contributed by atoms with van der Waals surface area (Å²) in [6.07, 6.45) is 9.34. The van der Waals surface area contributed by atoms with Crippen LogP contribution in [0.5, 0.6) is 0 Å². The molecule has 0 amide bonds. The smallest absolute Gasteiger partial charge is 0.0529 e. The molecule has 2 aromatic heterocycles. The van der Waals surface area contributed by atoms with Gasteiger partial charge in [-0.2, -0.15) is 0 Å². The second-order valence-electron chi connectivity index (χ2n) is 18.6. The van der Waals surface area contributed by atoms with Crippen molar-refractivity contribution >= 4 is 38.9 Å². The van der Waals surface area contributed by atoms with Crippen LogP contribution in [0.25, 0.3) is 44.3 Å². The molecule has 0 bridgehead atoms. The lowest BCUT2D eigenvalue weighted by Crippen LogP contribution is -2.10. The molecule has 384 valence electrons. The van der Waals surface area contributed by atoms with Crippen molar-refractivity contribution in [3.05, 3.63) is 307 Å². The Labute approximate surface area is 455 Å². The van der Waals surface area contributed by atoms with Crippen LogP contribution in [0.2, 0.25) is 0 Å². The number of hydrogen-bond acceptors (Lipinski definition) is 1. The molecule has 0 radical (unpaired) electrons. The molecule has 9 aromatic carbocycles. The lowest BCUT2D eigenvalue weighted by Gasteiger charge is -2.26. The summed E-state index contributed by atoms with van der Waals surface area (Å²) in [5.41, 5.74) is 20.0. The molecule has 0 unspecified atom stereocenters. The average molecular weight is 996 g/mol. The van der Waals surface area contributed by atoms with Gasteiger partial charge in [0.2, 0.25) is 0 Å². The third kappa shape index (κ3) is 15.7. The van der Waals surface area contributed by atoms with Crippen molar-refractivity contribution < 1.29 is 0 Å². The lowest BCUT2D eigenvalue weighted by atomic mass is 9.94. The fourth-order valence-corrected chi connectivity index (χ4v) is 8.83. The first-order valence-corrected chi connectivity index (χ1v) is 26.7. The molecule has 0 aliphatic carbocycles. The van der Waals surface area contributed by atoms with Gasteiger partial charge in [-0.15, -0.1) is 0 Å². The van der Waals surface area contributed by atoms with E-state index in [4.69, 9.17) is 0 Å². The lowest BCUT2D eigenvalue weighted by molar-refractivity contribution is 1.13. The van der Waals surface area contributed by atoms with Crippen molar-refractivity contribution in [2.75, 3.05) is 4.90 Å². The second-order valence-corrected chi connectivity index (χ2v) is 18.6. The maximum absolute atomic E-state index is 3.63. The number of para-hydroxylation sites is 3. The van der Waals surface area contributed by atoms with Crippen LogP contribution >= 0.6 is 0 Å². The van der Waals surface area contributed by atoms with Crippen LogP contribution in [0.4, 0.5) is 17.1 Å². The number of aromatic nitrogens is 2. The fourth-order valence-electron chi connectivity index (χ4n) is 8.83. The Morgan fingerprint density at radius 2 is 0.842 bits per heavy atom. The van der Waals surface area contributed by atoms with Gasteiger partial charge in [-0.05, 0) is 168 Å². The summed E-state index contributed by atoms with van der Waals surface area (Å²) in [6, 6.07) is 83.2. The van der Waals surface area contributed by atoms with Crippen LogP contribution in [-0.2, 0) is 0 Å². The third-order valence-corrected chi connectivity index (χ3v) is 12.9. The number of benzene rings is 9. The predicted octanol–water partition coefficient (Wildman–Crippen LogP) is 21.2. The van der Waals surface area contributed by atoms with E-state index >= 15 is 0 Å². The SMILES string of the molecule is C=C/C(=C/C)CC.CC.Cc1ccc(C)c(-c2ccc(N(c3ccccc3)c3ccc4c(ccn4-c4ccccc4)c3)cc2C)c1.Cc1ccc2c(ccn2-c2ccccc2)c1.Cc1ccccc1.Cc1ccccc1. The molecule has 0 spiro atoms. The molecule has 76 heavy (non-hydrogen) atoms. The first-order chi connectivity index (χ1) is 37.1.